The molecule has 6 heteroatoms. The molecule has 4 nitrogen and oxygen atoms in total. The Balaban J connectivity index is 2.03. The van der Waals surface area contributed by atoms with E-state index in [0.29, 0.717) is 16.3 Å². The zero-order valence-electron chi connectivity index (χ0n) is 11.2. The van der Waals surface area contributed by atoms with Crippen molar-refractivity contribution in [2.24, 2.45) is 0 Å². The molecule has 2 aromatic rings. The third-order valence-electron chi connectivity index (χ3n) is 2.75. The van der Waals surface area contributed by atoms with Gasteiger partial charge in [0.1, 0.15) is 5.75 Å². The summed E-state index contributed by atoms with van der Waals surface area (Å²) in [5.41, 5.74) is 1.90. The van der Waals surface area contributed by atoms with E-state index in [1.165, 1.54) is 12.1 Å². The zero-order chi connectivity index (χ0) is 15.4. The molecule has 21 heavy (non-hydrogen) atoms. The Labute approximate surface area is 132 Å². The van der Waals surface area contributed by atoms with Crippen LogP contribution in [-0.2, 0) is 0 Å². The van der Waals surface area contributed by atoms with Crippen molar-refractivity contribution in [2.75, 3.05) is 5.32 Å². The minimum absolute atomic E-state index is 0.00802. The maximum atomic E-state index is 12.0. The second kappa shape index (κ2) is 6.56. The molecule has 0 fully saturated rings. The van der Waals surface area contributed by atoms with Crippen molar-refractivity contribution in [3.63, 3.8) is 0 Å². The zero-order valence-corrected chi connectivity index (χ0v) is 12.8. The van der Waals surface area contributed by atoms with Crippen LogP contribution < -0.4 is 10.6 Å². The number of anilines is 1. The van der Waals surface area contributed by atoms with Crippen molar-refractivity contribution >= 4 is 40.5 Å². The monoisotopic (exact) mass is 320 g/mol. The molecule has 0 spiro atoms. The van der Waals surface area contributed by atoms with Crippen LogP contribution in [0.1, 0.15) is 15.9 Å². The van der Waals surface area contributed by atoms with E-state index >= 15 is 0 Å². The third kappa shape index (κ3) is 4.18. The fourth-order valence-corrected chi connectivity index (χ4v) is 2.02. The normalized spacial score (nSPS) is 10.0. The lowest BCUT2D eigenvalue weighted by atomic mass is 10.1. The number of hydrogen-bond acceptors (Lipinski definition) is 3. The van der Waals surface area contributed by atoms with Gasteiger partial charge in [0.2, 0.25) is 0 Å². The van der Waals surface area contributed by atoms with Gasteiger partial charge in [-0.3, -0.25) is 10.1 Å². The molecule has 1 amide bonds. The van der Waals surface area contributed by atoms with Gasteiger partial charge in [0, 0.05) is 10.6 Å². The molecule has 0 atom stereocenters. The Morgan fingerprint density at radius 2 is 1.86 bits per heavy atom. The lowest BCUT2D eigenvalue weighted by Crippen LogP contribution is -2.34. The van der Waals surface area contributed by atoms with E-state index in [4.69, 9.17) is 23.8 Å². The number of carbonyl (C=O) groups is 1. The van der Waals surface area contributed by atoms with E-state index in [2.05, 4.69) is 10.6 Å². The summed E-state index contributed by atoms with van der Waals surface area (Å²) in [4.78, 5) is 12.0. The number of aromatic hydroxyl groups is 1. The first-order valence-corrected chi connectivity index (χ1v) is 6.92. The van der Waals surface area contributed by atoms with Gasteiger partial charge < -0.3 is 10.4 Å². The van der Waals surface area contributed by atoms with Crippen molar-refractivity contribution in [3.05, 3.63) is 58.6 Å². The Kier molecular flexibility index (Phi) is 4.77. The van der Waals surface area contributed by atoms with Crippen molar-refractivity contribution < 1.29 is 9.90 Å². The molecule has 0 unspecified atom stereocenters. The first-order chi connectivity index (χ1) is 9.95. The summed E-state index contributed by atoms with van der Waals surface area (Å²) in [5.74, 6) is -0.333. The average molecular weight is 321 g/mol. The van der Waals surface area contributed by atoms with Crippen LogP contribution in [0.5, 0.6) is 5.75 Å². The molecule has 2 rings (SSSR count). The Hall–Kier alpha value is -2.11. The van der Waals surface area contributed by atoms with Gasteiger partial charge in [-0.1, -0.05) is 29.3 Å². The summed E-state index contributed by atoms with van der Waals surface area (Å²) in [6.07, 6.45) is 0. The van der Waals surface area contributed by atoms with E-state index < -0.39 is 0 Å². The Morgan fingerprint density at radius 1 is 1.19 bits per heavy atom. The number of thiocarbonyl (C=S) groups is 1. The lowest BCUT2D eigenvalue weighted by molar-refractivity contribution is 0.0977. The van der Waals surface area contributed by atoms with Crippen LogP contribution in [-0.4, -0.2) is 16.1 Å². The minimum atomic E-state index is -0.325. The highest BCUT2D eigenvalue weighted by Gasteiger charge is 2.09. The average Bonchev–Trinajstić information content (AvgIpc) is 2.43. The predicted octanol–water partition coefficient (Wildman–Crippen LogP) is 3.48. The van der Waals surface area contributed by atoms with Crippen molar-refractivity contribution in [1.82, 2.24) is 5.32 Å². The van der Waals surface area contributed by atoms with Crippen LogP contribution in [0.25, 0.3) is 0 Å². The van der Waals surface area contributed by atoms with Gasteiger partial charge in [-0.2, -0.15) is 0 Å². The maximum Gasteiger partial charge on any atom is 0.257 e. The highest BCUT2D eigenvalue weighted by molar-refractivity contribution is 7.80. The van der Waals surface area contributed by atoms with Crippen LogP contribution in [0.15, 0.2) is 42.5 Å². The Morgan fingerprint density at radius 3 is 2.52 bits per heavy atom. The molecule has 0 aromatic heterocycles. The maximum absolute atomic E-state index is 12.0. The highest BCUT2D eigenvalue weighted by atomic mass is 35.5. The van der Waals surface area contributed by atoms with Gasteiger partial charge in [0.05, 0.1) is 5.69 Å². The highest BCUT2D eigenvalue weighted by Crippen LogP contribution is 2.26. The summed E-state index contributed by atoms with van der Waals surface area (Å²) in [5, 5.41) is 15.5. The summed E-state index contributed by atoms with van der Waals surface area (Å²) in [7, 11) is 0. The fraction of sp³-hybridized carbons (Fsp3) is 0.0667. The molecular formula is C15H13ClN2O2S. The number of carbonyl (C=O) groups excluding carboxylic acids is 1. The lowest BCUT2D eigenvalue weighted by Gasteiger charge is -2.11. The van der Waals surface area contributed by atoms with Crippen LogP contribution in [0.2, 0.25) is 5.02 Å². The molecule has 0 saturated heterocycles. The quantitative estimate of drug-likeness (QED) is 0.585. The van der Waals surface area contributed by atoms with Crippen LogP contribution in [0, 0.1) is 6.92 Å². The molecular weight excluding hydrogens is 308 g/mol. The SMILES string of the molecule is Cc1ccc(C(=O)NC(=S)Nc2cc(Cl)ccc2O)cc1. The molecule has 0 bridgehead atoms. The van der Waals surface area contributed by atoms with Crippen molar-refractivity contribution in [1.29, 1.82) is 0 Å². The summed E-state index contributed by atoms with van der Waals surface area (Å²) in [6.45, 7) is 1.94. The molecule has 0 saturated carbocycles. The van der Waals surface area contributed by atoms with Gasteiger partial charge in [0.15, 0.2) is 5.11 Å². The number of nitrogens with one attached hydrogen (secondary N) is 2. The second-order valence-electron chi connectivity index (χ2n) is 4.44. The molecule has 2 aromatic carbocycles. The summed E-state index contributed by atoms with van der Waals surface area (Å²) < 4.78 is 0. The molecule has 0 radical (unpaired) electrons. The molecule has 0 aliphatic heterocycles. The molecule has 0 aliphatic carbocycles. The predicted molar refractivity (Wildman–Crippen MR) is 88.0 cm³/mol. The Bertz CT molecular complexity index is 687. The van der Waals surface area contributed by atoms with Crippen LogP contribution in [0.4, 0.5) is 5.69 Å². The molecule has 108 valence electrons. The van der Waals surface area contributed by atoms with Crippen LogP contribution in [0.3, 0.4) is 0 Å². The molecule has 0 aliphatic rings. The molecule has 0 heterocycles. The topological polar surface area (TPSA) is 61.4 Å². The molecule has 3 N–H and O–H groups in total. The van der Waals surface area contributed by atoms with E-state index in [-0.39, 0.29) is 16.8 Å². The third-order valence-corrected chi connectivity index (χ3v) is 3.19. The van der Waals surface area contributed by atoms with Crippen LogP contribution >= 0.6 is 23.8 Å². The van der Waals surface area contributed by atoms with Gasteiger partial charge in [-0.05, 0) is 49.5 Å². The first-order valence-electron chi connectivity index (χ1n) is 6.13. The number of hydrogen-bond donors (Lipinski definition) is 3. The summed E-state index contributed by atoms with van der Waals surface area (Å²) in [6, 6.07) is 11.6. The number of phenols is 1. The van der Waals surface area contributed by atoms with E-state index in [1.807, 2.05) is 19.1 Å². The standard InChI is InChI=1S/C15H13ClN2O2S/c1-9-2-4-10(5-3-9)14(20)18-15(21)17-12-8-11(16)6-7-13(12)19/h2-8,19H,1H3,(H2,17,18,20,21). The van der Waals surface area contributed by atoms with E-state index in [0.717, 1.165) is 5.56 Å². The first kappa shape index (κ1) is 15.3. The van der Waals surface area contributed by atoms with Gasteiger partial charge in [0.25, 0.3) is 5.91 Å². The second-order valence-corrected chi connectivity index (χ2v) is 5.28. The van der Waals surface area contributed by atoms with Gasteiger partial charge in [-0.15, -0.1) is 0 Å². The van der Waals surface area contributed by atoms with Crippen molar-refractivity contribution in [2.45, 2.75) is 6.92 Å². The van der Waals surface area contributed by atoms with Gasteiger partial charge >= 0.3 is 0 Å². The number of benzene rings is 2. The van der Waals surface area contributed by atoms with E-state index in [9.17, 15) is 9.90 Å². The summed E-state index contributed by atoms with van der Waals surface area (Å²) >= 11 is 10.9. The number of aryl methyl sites for hydroxylation is 1. The van der Waals surface area contributed by atoms with E-state index in [1.54, 1.807) is 18.2 Å². The van der Waals surface area contributed by atoms with Crippen molar-refractivity contribution in [3.8, 4) is 5.75 Å². The van der Waals surface area contributed by atoms with Gasteiger partial charge in [-0.25, -0.2) is 0 Å². The smallest absolute Gasteiger partial charge is 0.257 e. The number of halogens is 1. The number of rotatable bonds is 2. The number of amides is 1. The minimum Gasteiger partial charge on any atom is -0.506 e. The fourth-order valence-electron chi connectivity index (χ4n) is 1.64. The number of phenolic OH excluding ortho intramolecular Hbond substituents is 1. The largest absolute Gasteiger partial charge is 0.506 e.